The van der Waals surface area contributed by atoms with Crippen molar-refractivity contribution in [2.24, 2.45) is 0 Å². The predicted molar refractivity (Wildman–Crippen MR) is 159 cm³/mol. The van der Waals surface area contributed by atoms with Crippen LogP contribution in [0.2, 0.25) is 0 Å². The van der Waals surface area contributed by atoms with Crippen molar-refractivity contribution in [3.63, 3.8) is 0 Å². The van der Waals surface area contributed by atoms with Gasteiger partial charge in [0.05, 0.1) is 13.1 Å². The molecule has 0 saturated heterocycles. The molecule has 0 aliphatic heterocycles. The van der Waals surface area contributed by atoms with Crippen LogP contribution in [0.1, 0.15) is 75.3 Å². The second-order valence-electron chi connectivity index (χ2n) is 11.2. The molecular weight excluding hydrogens is 540 g/mol. The lowest BCUT2D eigenvalue weighted by molar-refractivity contribution is 0.132. The maximum Gasteiger partial charge on any atom is 0.407 e. The Morgan fingerprint density at radius 1 is 0.690 bits per heavy atom. The van der Waals surface area contributed by atoms with Crippen LogP contribution in [0.15, 0.2) is 24.3 Å². The Morgan fingerprint density at radius 2 is 1.10 bits per heavy atom. The fourth-order valence-corrected chi connectivity index (χ4v) is 5.12. The Morgan fingerprint density at radius 3 is 1.50 bits per heavy atom. The molecule has 2 saturated carbocycles. The number of nitrogens with one attached hydrogen (secondary N) is 4. The highest BCUT2D eigenvalue weighted by Gasteiger charge is 2.19. The molecule has 1 aromatic rings. The van der Waals surface area contributed by atoms with Crippen LogP contribution in [-0.4, -0.2) is 86.5 Å². The molecule has 12 nitrogen and oxygen atoms in total. The smallest absolute Gasteiger partial charge is 0.407 e. The third-order valence-electron chi connectivity index (χ3n) is 7.74. The molecule has 234 valence electrons. The Kier molecular flexibility index (Phi) is 14.0. The molecule has 42 heavy (non-hydrogen) atoms. The fourth-order valence-electron chi connectivity index (χ4n) is 5.12. The summed E-state index contributed by atoms with van der Waals surface area (Å²) in [7, 11) is 3.37. The number of carbonyl (C=O) groups excluding carboxylic acids is 4. The number of benzene rings is 1. The van der Waals surface area contributed by atoms with Gasteiger partial charge in [0.25, 0.3) is 0 Å². The lowest BCUT2D eigenvalue weighted by Crippen LogP contribution is -2.45. The molecule has 2 fully saturated rings. The van der Waals surface area contributed by atoms with E-state index >= 15 is 0 Å². The first-order chi connectivity index (χ1) is 20.3. The second-order valence-corrected chi connectivity index (χ2v) is 11.2. The molecule has 2 aliphatic carbocycles. The number of carbonyl (C=O) groups is 4. The van der Waals surface area contributed by atoms with E-state index in [0.717, 1.165) is 62.5 Å². The molecule has 0 aromatic heterocycles. The molecule has 0 radical (unpaired) electrons. The van der Waals surface area contributed by atoms with E-state index in [2.05, 4.69) is 21.3 Å². The van der Waals surface area contributed by atoms with E-state index < -0.39 is 12.2 Å². The van der Waals surface area contributed by atoms with E-state index in [9.17, 15) is 19.2 Å². The van der Waals surface area contributed by atoms with Crippen LogP contribution < -0.4 is 21.3 Å². The van der Waals surface area contributed by atoms with E-state index in [1.165, 1.54) is 22.6 Å². The van der Waals surface area contributed by atoms with Crippen LogP contribution in [0.5, 0.6) is 0 Å². The van der Waals surface area contributed by atoms with Crippen molar-refractivity contribution in [1.29, 1.82) is 0 Å². The summed E-state index contributed by atoms with van der Waals surface area (Å²) < 4.78 is 10.4. The molecule has 0 unspecified atom stereocenters. The highest BCUT2D eigenvalue weighted by molar-refractivity contribution is 5.74. The first kappa shape index (κ1) is 32.8. The molecular formula is C30H48N6O6. The van der Waals surface area contributed by atoms with Gasteiger partial charge in [-0.05, 0) is 36.8 Å². The van der Waals surface area contributed by atoms with Crippen molar-refractivity contribution in [2.75, 3.05) is 40.4 Å². The first-order valence-electron chi connectivity index (χ1n) is 15.2. The summed E-state index contributed by atoms with van der Waals surface area (Å²) >= 11 is 0. The standard InChI is InChI=1S/C30H48N6O6/c1-35(27(37)33-25-12-5-3-6-13-25)16-18-41-29(39)31-21-23-10-9-11-24(20-23)22-32-30(40)42-19-17-36(2)28(38)34-26-14-7-4-8-15-26/h9-11,20,25-26H,3-8,12-19,21-22H2,1-2H3,(H,31,39)(H,32,40)(H,33,37)(H,34,38). The number of hydrogen-bond donors (Lipinski definition) is 4. The van der Waals surface area contributed by atoms with Crippen LogP contribution in [-0.2, 0) is 22.6 Å². The summed E-state index contributed by atoms with van der Waals surface area (Å²) in [5, 5.41) is 11.5. The van der Waals surface area contributed by atoms with Crippen LogP contribution in [0, 0.1) is 0 Å². The quantitative estimate of drug-likeness (QED) is 0.290. The minimum atomic E-state index is -0.569. The van der Waals surface area contributed by atoms with Gasteiger partial charge in [-0.2, -0.15) is 0 Å². The maximum atomic E-state index is 12.3. The lowest BCUT2D eigenvalue weighted by atomic mass is 9.96. The van der Waals surface area contributed by atoms with Gasteiger partial charge in [0.1, 0.15) is 13.2 Å². The van der Waals surface area contributed by atoms with Gasteiger partial charge in [0, 0.05) is 39.3 Å². The third-order valence-corrected chi connectivity index (χ3v) is 7.74. The van der Waals surface area contributed by atoms with Crippen molar-refractivity contribution in [1.82, 2.24) is 31.1 Å². The predicted octanol–water partition coefficient (Wildman–Crippen LogP) is 4.09. The number of alkyl carbamates (subject to hydrolysis) is 2. The summed E-state index contributed by atoms with van der Waals surface area (Å²) in [6.45, 7) is 1.29. The Balaban J connectivity index is 1.25. The third kappa shape index (κ3) is 12.4. The number of hydrogen-bond acceptors (Lipinski definition) is 6. The van der Waals surface area contributed by atoms with Gasteiger partial charge in [0.15, 0.2) is 0 Å². The molecule has 1 aromatic carbocycles. The number of urea groups is 2. The molecule has 0 bridgehead atoms. The van der Waals surface area contributed by atoms with E-state index in [1.807, 2.05) is 24.3 Å². The highest BCUT2D eigenvalue weighted by atomic mass is 16.6. The van der Waals surface area contributed by atoms with Crippen LogP contribution in [0.3, 0.4) is 0 Å². The van der Waals surface area contributed by atoms with Gasteiger partial charge in [-0.1, -0.05) is 62.8 Å². The zero-order valence-corrected chi connectivity index (χ0v) is 25.1. The molecule has 0 spiro atoms. The highest BCUT2D eigenvalue weighted by Crippen LogP contribution is 2.18. The van der Waals surface area contributed by atoms with Crippen LogP contribution in [0.25, 0.3) is 0 Å². The van der Waals surface area contributed by atoms with Crippen molar-refractivity contribution >= 4 is 24.2 Å². The zero-order valence-electron chi connectivity index (χ0n) is 25.1. The largest absolute Gasteiger partial charge is 0.448 e. The van der Waals surface area contributed by atoms with E-state index in [0.29, 0.717) is 13.1 Å². The first-order valence-corrected chi connectivity index (χ1v) is 15.2. The van der Waals surface area contributed by atoms with Gasteiger partial charge in [0.2, 0.25) is 0 Å². The second kappa shape index (κ2) is 18.0. The fraction of sp³-hybridized carbons (Fsp3) is 0.667. The average molecular weight is 589 g/mol. The van der Waals surface area contributed by atoms with Gasteiger partial charge >= 0.3 is 24.2 Å². The Bertz CT molecular complexity index is 937. The number of nitrogens with zero attached hydrogens (tertiary/aromatic N) is 2. The number of amides is 6. The van der Waals surface area contributed by atoms with Crippen LogP contribution >= 0.6 is 0 Å². The summed E-state index contributed by atoms with van der Waals surface area (Å²) in [5.74, 6) is 0. The van der Waals surface area contributed by atoms with Crippen molar-refractivity contribution in [3.8, 4) is 0 Å². The van der Waals surface area contributed by atoms with Gasteiger partial charge in [-0.15, -0.1) is 0 Å². The monoisotopic (exact) mass is 588 g/mol. The van der Waals surface area contributed by atoms with E-state index in [1.54, 1.807) is 14.1 Å². The lowest BCUT2D eigenvalue weighted by Gasteiger charge is -2.26. The molecule has 6 amide bonds. The topological polar surface area (TPSA) is 141 Å². The van der Waals surface area contributed by atoms with Crippen molar-refractivity contribution in [2.45, 2.75) is 89.4 Å². The SMILES string of the molecule is CN(CCOC(=O)NCc1cccc(CNC(=O)OCCN(C)C(=O)NC2CCCCC2)c1)C(=O)NC1CCCCC1. The summed E-state index contributed by atoms with van der Waals surface area (Å²) in [5.41, 5.74) is 1.68. The normalized spacial score (nSPS) is 15.7. The number of ether oxygens (including phenoxy) is 2. The van der Waals surface area contributed by atoms with E-state index in [-0.39, 0.29) is 50.4 Å². The van der Waals surface area contributed by atoms with Crippen LogP contribution in [0.4, 0.5) is 19.2 Å². The van der Waals surface area contributed by atoms with E-state index in [4.69, 9.17) is 9.47 Å². The van der Waals surface area contributed by atoms with Gasteiger partial charge in [-0.25, -0.2) is 19.2 Å². The maximum absolute atomic E-state index is 12.3. The average Bonchev–Trinajstić information content (AvgIpc) is 3.00. The molecule has 4 N–H and O–H groups in total. The summed E-state index contributed by atoms with van der Waals surface area (Å²) in [4.78, 5) is 51.9. The molecule has 2 aliphatic rings. The Hall–Kier alpha value is -3.70. The minimum absolute atomic E-state index is 0.0907. The molecule has 3 rings (SSSR count). The summed E-state index contributed by atoms with van der Waals surface area (Å²) in [6.07, 6.45) is 9.94. The van der Waals surface area contributed by atoms with Gasteiger partial charge in [-0.3, -0.25) is 0 Å². The molecule has 0 atom stereocenters. The number of likely N-dealkylation sites (N-methyl/N-ethyl adjacent to an activating group) is 2. The van der Waals surface area contributed by atoms with Crippen molar-refractivity contribution < 1.29 is 28.7 Å². The van der Waals surface area contributed by atoms with Gasteiger partial charge < -0.3 is 40.5 Å². The number of rotatable bonds is 12. The Labute approximate surface area is 249 Å². The van der Waals surface area contributed by atoms with Crippen molar-refractivity contribution in [3.05, 3.63) is 35.4 Å². The minimum Gasteiger partial charge on any atom is -0.448 e. The molecule has 12 heteroatoms. The summed E-state index contributed by atoms with van der Waals surface area (Å²) in [6, 6.07) is 7.59. The molecule has 0 heterocycles. The zero-order chi connectivity index (χ0) is 30.2.